The molecule has 7 heteroatoms. The zero-order valence-corrected chi connectivity index (χ0v) is 15.6. The summed E-state index contributed by atoms with van der Waals surface area (Å²) >= 11 is 0. The quantitative estimate of drug-likeness (QED) is 0.855. The number of carbonyl (C=O) groups excluding carboxylic acids is 2. The molecule has 3 rings (SSSR count). The number of piperazine rings is 1. The lowest BCUT2D eigenvalue weighted by molar-refractivity contribution is -0.134. The van der Waals surface area contributed by atoms with Crippen LogP contribution in [0.4, 0.5) is 0 Å². The second-order valence-corrected chi connectivity index (χ2v) is 6.66. The third kappa shape index (κ3) is 4.68. The summed E-state index contributed by atoms with van der Waals surface area (Å²) in [6.45, 7) is 3.68. The highest BCUT2D eigenvalue weighted by atomic mass is 16.5. The number of ether oxygens (including phenoxy) is 1. The largest absolute Gasteiger partial charge is 0.484 e. The Morgan fingerprint density at radius 3 is 1.96 bits per heavy atom. The van der Waals surface area contributed by atoms with Gasteiger partial charge in [-0.05, 0) is 43.3 Å². The van der Waals surface area contributed by atoms with Crippen LogP contribution in [-0.4, -0.2) is 65.5 Å². The minimum absolute atomic E-state index is 0.0341. The summed E-state index contributed by atoms with van der Waals surface area (Å²) in [4.78, 5) is 39.1. The van der Waals surface area contributed by atoms with Crippen molar-refractivity contribution >= 4 is 17.8 Å². The Balaban J connectivity index is 1.49. The average molecular weight is 382 g/mol. The molecule has 0 atom stereocenters. The van der Waals surface area contributed by atoms with Gasteiger partial charge in [0.1, 0.15) is 5.75 Å². The summed E-state index contributed by atoms with van der Waals surface area (Å²) in [6.07, 6.45) is 0. The fourth-order valence-corrected chi connectivity index (χ4v) is 2.97. The van der Waals surface area contributed by atoms with Crippen molar-refractivity contribution in [3.8, 4) is 5.75 Å². The van der Waals surface area contributed by atoms with Crippen molar-refractivity contribution in [2.45, 2.75) is 6.92 Å². The second-order valence-electron chi connectivity index (χ2n) is 6.66. The van der Waals surface area contributed by atoms with E-state index in [0.717, 1.165) is 5.56 Å². The first-order valence-electron chi connectivity index (χ1n) is 9.04. The minimum atomic E-state index is -1.03. The van der Waals surface area contributed by atoms with Crippen LogP contribution in [0.25, 0.3) is 0 Å². The van der Waals surface area contributed by atoms with Crippen molar-refractivity contribution in [1.29, 1.82) is 0 Å². The zero-order chi connectivity index (χ0) is 20.1. The monoisotopic (exact) mass is 382 g/mol. The van der Waals surface area contributed by atoms with Crippen LogP contribution in [-0.2, 0) is 4.79 Å². The van der Waals surface area contributed by atoms with Crippen LogP contribution in [0, 0.1) is 6.92 Å². The van der Waals surface area contributed by atoms with Gasteiger partial charge < -0.3 is 19.6 Å². The van der Waals surface area contributed by atoms with Crippen molar-refractivity contribution in [3.05, 3.63) is 65.2 Å². The number of aromatic carboxylic acids is 1. The second kappa shape index (κ2) is 8.56. The number of hydrogen-bond acceptors (Lipinski definition) is 4. The third-order valence-electron chi connectivity index (χ3n) is 4.68. The van der Waals surface area contributed by atoms with E-state index in [0.29, 0.717) is 37.5 Å². The zero-order valence-electron chi connectivity index (χ0n) is 15.6. The van der Waals surface area contributed by atoms with Crippen LogP contribution in [0.3, 0.4) is 0 Å². The Kier molecular flexibility index (Phi) is 5.93. The van der Waals surface area contributed by atoms with Gasteiger partial charge in [0.2, 0.25) is 0 Å². The normalized spacial score (nSPS) is 13.9. The number of amides is 2. The van der Waals surface area contributed by atoms with E-state index in [1.807, 2.05) is 31.2 Å². The molecule has 0 aliphatic carbocycles. The highest BCUT2D eigenvalue weighted by Crippen LogP contribution is 2.13. The summed E-state index contributed by atoms with van der Waals surface area (Å²) in [5.74, 6) is -0.657. The summed E-state index contributed by atoms with van der Waals surface area (Å²) in [6, 6.07) is 13.4. The third-order valence-corrected chi connectivity index (χ3v) is 4.68. The summed E-state index contributed by atoms with van der Waals surface area (Å²) < 4.78 is 5.53. The molecule has 7 nitrogen and oxygen atoms in total. The molecular weight excluding hydrogens is 360 g/mol. The SMILES string of the molecule is Cc1ccc(OCC(=O)N2CCN(C(=O)c3ccc(C(=O)O)cc3)CC2)cc1. The lowest BCUT2D eigenvalue weighted by Crippen LogP contribution is -2.51. The molecule has 1 fully saturated rings. The topological polar surface area (TPSA) is 87.2 Å². The maximum absolute atomic E-state index is 12.5. The van der Waals surface area contributed by atoms with Crippen molar-refractivity contribution in [1.82, 2.24) is 9.80 Å². The first kappa shape index (κ1) is 19.4. The highest BCUT2D eigenvalue weighted by molar-refractivity contribution is 5.96. The van der Waals surface area contributed by atoms with Gasteiger partial charge >= 0.3 is 5.97 Å². The molecule has 2 amide bonds. The Hall–Kier alpha value is -3.35. The molecule has 1 N–H and O–H groups in total. The predicted molar refractivity (Wildman–Crippen MR) is 103 cm³/mol. The molecule has 146 valence electrons. The van der Waals surface area contributed by atoms with Gasteiger partial charge in [0, 0.05) is 31.7 Å². The van der Waals surface area contributed by atoms with E-state index in [9.17, 15) is 14.4 Å². The molecule has 28 heavy (non-hydrogen) atoms. The van der Waals surface area contributed by atoms with Crippen molar-refractivity contribution in [2.24, 2.45) is 0 Å². The summed E-state index contributed by atoms with van der Waals surface area (Å²) in [5.41, 5.74) is 1.70. The first-order valence-corrected chi connectivity index (χ1v) is 9.04. The number of rotatable bonds is 5. The number of carboxylic acid groups (broad SMARTS) is 1. The summed E-state index contributed by atoms with van der Waals surface area (Å²) in [7, 11) is 0. The lowest BCUT2D eigenvalue weighted by atomic mass is 10.1. The van der Waals surface area contributed by atoms with E-state index >= 15 is 0 Å². The van der Waals surface area contributed by atoms with E-state index in [4.69, 9.17) is 9.84 Å². The van der Waals surface area contributed by atoms with Gasteiger partial charge in [0.25, 0.3) is 11.8 Å². The molecular formula is C21H22N2O5. The number of carboxylic acids is 1. The van der Waals surface area contributed by atoms with Gasteiger partial charge in [-0.1, -0.05) is 17.7 Å². The number of benzene rings is 2. The molecule has 0 saturated carbocycles. The van der Waals surface area contributed by atoms with Gasteiger partial charge in [-0.15, -0.1) is 0 Å². The molecule has 0 unspecified atom stereocenters. The molecule has 1 aliphatic rings. The Morgan fingerprint density at radius 1 is 0.857 bits per heavy atom. The Bertz CT molecular complexity index is 853. The van der Waals surface area contributed by atoms with E-state index < -0.39 is 5.97 Å². The van der Waals surface area contributed by atoms with Gasteiger partial charge in [-0.2, -0.15) is 0 Å². The lowest BCUT2D eigenvalue weighted by Gasteiger charge is -2.34. The Labute approximate surface area is 163 Å². The number of aryl methyl sites for hydroxylation is 1. The van der Waals surface area contributed by atoms with Gasteiger partial charge in [0.15, 0.2) is 6.61 Å². The van der Waals surface area contributed by atoms with Gasteiger partial charge in [-0.25, -0.2) is 4.79 Å². The highest BCUT2D eigenvalue weighted by Gasteiger charge is 2.25. The van der Waals surface area contributed by atoms with E-state index in [1.54, 1.807) is 9.80 Å². The molecule has 2 aromatic carbocycles. The molecule has 1 saturated heterocycles. The number of hydrogen-bond donors (Lipinski definition) is 1. The molecule has 0 spiro atoms. The van der Waals surface area contributed by atoms with E-state index in [2.05, 4.69) is 0 Å². The van der Waals surface area contributed by atoms with E-state index in [1.165, 1.54) is 24.3 Å². The average Bonchev–Trinajstić information content (AvgIpc) is 2.73. The Morgan fingerprint density at radius 2 is 1.39 bits per heavy atom. The minimum Gasteiger partial charge on any atom is -0.484 e. The number of nitrogens with zero attached hydrogens (tertiary/aromatic N) is 2. The van der Waals surface area contributed by atoms with Crippen molar-refractivity contribution < 1.29 is 24.2 Å². The molecule has 0 bridgehead atoms. The number of carbonyl (C=O) groups is 3. The fraction of sp³-hybridized carbons (Fsp3) is 0.286. The molecule has 0 aromatic heterocycles. The first-order chi connectivity index (χ1) is 13.4. The smallest absolute Gasteiger partial charge is 0.335 e. The van der Waals surface area contributed by atoms with Gasteiger partial charge in [-0.3, -0.25) is 9.59 Å². The maximum atomic E-state index is 12.5. The predicted octanol–water partition coefficient (Wildman–Crippen LogP) is 2.06. The van der Waals surface area contributed by atoms with Gasteiger partial charge in [0.05, 0.1) is 5.56 Å². The van der Waals surface area contributed by atoms with Crippen LogP contribution in [0.2, 0.25) is 0 Å². The molecule has 2 aromatic rings. The maximum Gasteiger partial charge on any atom is 0.335 e. The van der Waals surface area contributed by atoms with Crippen LogP contribution in [0.15, 0.2) is 48.5 Å². The molecule has 1 aliphatic heterocycles. The molecule has 0 radical (unpaired) electrons. The van der Waals surface area contributed by atoms with Crippen LogP contribution >= 0.6 is 0 Å². The van der Waals surface area contributed by atoms with E-state index in [-0.39, 0.29) is 24.0 Å². The van der Waals surface area contributed by atoms with Crippen LogP contribution in [0.5, 0.6) is 5.75 Å². The fourth-order valence-electron chi connectivity index (χ4n) is 2.97. The van der Waals surface area contributed by atoms with Crippen molar-refractivity contribution in [3.63, 3.8) is 0 Å². The van der Waals surface area contributed by atoms with Crippen LogP contribution in [0.1, 0.15) is 26.3 Å². The standard InChI is InChI=1S/C21H22N2O5/c1-15-2-8-18(9-3-15)28-14-19(24)22-10-12-23(13-11-22)20(25)16-4-6-17(7-5-16)21(26)27/h2-9H,10-14H2,1H3,(H,26,27). The van der Waals surface area contributed by atoms with Crippen LogP contribution < -0.4 is 4.74 Å². The molecule has 1 heterocycles. The van der Waals surface area contributed by atoms with Crippen molar-refractivity contribution in [2.75, 3.05) is 32.8 Å². The summed E-state index contributed by atoms with van der Waals surface area (Å²) in [5, 5.41) is 8.93.